The third-order valence-corrected chi connectivity index (χ3v) is 3.43. The molecule has 3 nitrogen and oxygen atoms in total. The molecule has 0 saturated carbocycles. The minimum absolute atomic E-state index is 0.307. The van der Waals surface area contributed by atoms with Crippen LogP contribution in [0.3, 0.4) is 0 Å². The molecule has 0 unspecified atom stereocenters. The van der Waals surface area contributed by atoms with E-state index in [9.17, 15) is 5.11 Å². The Hall–Kier alpha value is -2.00. The van der Waals surface area contributed by atoms with E-state index in [2.05, 4.69) is 23.9 Å². The molecule has 20 heavy (non-hydrogen) atoms. The zero-order valence-corrected chi connectivity index (χ0v) is 12.0. The molecule has 1 aliphatic heterocycles. The molecule has 0 amide bonds. The molecule has 0 aliphatic carbocycles. The van der Waals surface area contributed by atoms with Crippen LogP contribution in [0.25, 0.3) is 11.1 Å². The minimum atomic E-state index is 0.307. The summed E-state index contributed by atoms with van der Waals surface area (Å²) in [5.74, 6) is 1.32. The van der Waals surface area contributed by atoms with Crippen molar-refractivity contribution in [2.45, 2.75) is 19.8 Å². The van der Waals surface area contributed by atoms with Gasteiger partial charge in [0, 0.05) is 5.56 Å². The molecule has 3 heteroatoms. The van der Waals surface area contributed by atoms with Crippen LogP contribution in [0.5, 0.6) is 11.5 Å². The summed E-state index contributed by atoms with van der Waals surface area (Å²) in [6, 6.07) is 11.8. The number of aryl methyl sites for hydroxylation is 2. The third-order valence-electron chi connectivity index (χ3n) is 3.43. The van der Waals surface area contributed by atoms with Gasteiger partial charge in [0.05, 0.1) is 6.61 Å². The number of rotatable bonds is 1. The van der Waals surface area contributed by atoms with E-state index in [1.807, 2.05) is 13.0 Å². The van der Waals surface area contributed by atoms with Gasteiger partial charge in [0.2, 0.25) is 0 Å². The molecular formula is C17H21NO2. The molecule has 1 aliphatic rings. The van der Waals surface area contributed by atoms with Crippen molar-refractivity contribution in [2.24, 2.45) is 5.73 Å². The highest BCUT2D eigenvalue weighted by atomic mass is 16.5. The maximum absolute atomic E-state index is 9.49. The van der Waals surface area contributed by atoms with Crippen LogP contribution in [-0.4, -0.2) is 18.8 Å². The van der Waals surface area contributed by atoms with Gasteiger partial charge in [0.1, 0.15) is 11.5 Å². The van der Waals surface area contributed by atoms with Crippen LogP contribution in [0.1, 0.15) is 17.5 Å². The molecule has 0 atom stereocenters. The number of para-hydroxylation sites is 1. The lowest BCUT2D eigenvalue weighted by atomic mass is 9.95. The predicted octanol–water partition coefficient (Wildman–Crippen LogP) is 3.27. The molecule has 0 radical (unpaired) electrons. The Morgan fingerprint density at radius 1 is 1.10 bits per heavy atom. The lowest BCUT2D eigenvalue weighted by Gasteiger charge is -2.21. The normalized spacial score (nSPS) is 12.8. The van der Waals surface area contributed by atoms with E-state index in [0.29, 0.717) is 5.75 Å². The second kappa shape index (κ2) is 6.44. The van der Waals surface area contributed by atoms with Gasteiger partial charge in [-0.2, -0.15) is 0 Å². The molecule has 1 heterocycles. The molecule has 3 rings (SSSR count). The van der Waals surface area contributed by atoms with E-state index in [-0.39, 0.29) is 0 Å². The van der Waals surface area contributed by atoms with Crippen LogP contribution >= 0.6 is 0 Å². The Morgan fingerprint density at radius 2 is 1.90 bits per heavy atom. The number of hydrogen-bond donors (Lipinski definition) is 2. The number of aromatic hydroxyl groups is 1. The SMILES string of the molecule is CN.Cc1cc(O)ccc1-c1cccc2c1OCCC2. The van der Waals surface area contributed by atoms with Crippen LogP contribution < -0.4 is 10.5 Å². The molecule has 0 aromatic heterocycles. The molecular weight excluding hydrogens is 250 g/mol. The molecule has 3 N–H and O–H groups in total. The maximum atomic E-state index is 9.49. The molecule has 2 aromatic carbocycles. The molecule has 0 fully saturated rings. The molecule has 106 valence electrons. The molecule has 0 spiro atoms. The maximum Gasteiger partial charge on any atom is 0.130 e. The van der Waals surface area contributed by atoms with Crippen molar-refractivity contribution in [3.8, 4) is 22.6 Å². The fourth-order valence-corrected chi connectivity index (χ4v) is 2.55. The van der Waals surface area contributed by atoms with Crippen molar-refractivity contribution in [1.29, 1.82) is 0 Å². The first kappa shape index (κ1) is 14.4. The number of phenols is 1. The smallest absolute Gasteiger partial charge is 0.130 e. The highest BCUT2D eigenvalue weighted by Crippen LogP contribution is 2.38. The number of fused-ring (bicyclic) bond motifs is 1. The van der Waals surface area contributed by atoms with Crippen LogP contribution in [0.4, 0.5) is 0 Å². The van der Waals surface area contributed by atoms with Gasteiger partial charge in [0.15, 0.2) is 0 Å². The van der Waals surface area contributed by atoms with E-state index in [1.54, 1.807) is 12.1 Å². The van der Waals surface area contributed by atoms with E-state index < -0.39 is 0 Å². The van der Waals surface area contributed by atoms with Gasteiger partial charge in [-0.15, -0.1) is 0 Å². The molecule has 0 bridgehead atoms. The van der Waals surface area contributed by atoms with Gasteiger partial charge in [-0.25, -0.2) is 0 Å². The minimum Gasteiger partial charge on any atom is -0.508 e. The van der Waals surface area contributed by atoms with E-state index in [4.69, 9.17) is 4.74 Å². The first-order valence-corrected chi connectivity index (χ1v) is 6.88. The second-order valence-corrected chi connectivity index (χ2v) is 4.75. The van der Waals surface area contributed by atoms with E-state index in [1.165, 1.54) is 12.6 Å². The van der Waals surface area contributed by atoms with Crippen molar-refractivity contribution in [1.82, 2.24) is 0 Å². The Labute approximate surface area is 120 Å². The van der Waals surface area contributed by atoms with Gasteiger partial charge in [-0.1, -0.05) is 24.3 Å². The summed E-state index contributed by atoms with van der Waals surface area (Å²) in [5, 5.41) is 9.49. The summed E-state index contributed by atoms with van der Waals surface area (Å²) in [7, 11) is 1.50. The fourth-order valence-electron chi connectivity index (χ4n) is 2.55. The topological polar surface area (TPSA) is 55.5 Å². The Balaban J connectivity index is 0.000000704. The Kier molecular flexibility index (Phi) is 4.64. The first-order valence-electron chi connectivity index (χ1n) is 6.88. The lowest BCUT2D eigenvalue weighted by molar-refractivity contribution is 0.289. The number of benzene rings is 2. The Morgan fingerprint density at radius 3 is 2.65 bits per heavy atom. The van der Waals surface area contributed by atoms with Crippen molar-refractivity contribution in [2.75, 3.05) is 13.7 Å². The summed E-state index contributed by atoms with van der Waals surface area (Å²) >= 11 is 0. The van der Waals surface area contributed by atoms with Gasteiger partial charge in [-0.05, 0) is 55.6 Å². The predicted molar refractivity (Wildman–Crippen MR) is 82.2 cm³/mol. The first-order chi connectivity index (χ1) is 9.75. The van der Waals surface area contributed by atoms with Crippen LogP contribution in [0.2, 0.25) is 0 Å². The summed E-state index contributed by atoms with van der Waals surface area (Å²) < 4.78 is 5.83. The number of nitrogens with two attached hydrogens (primary N) is 1. The van der Waals surface area contributed by atoms with Gasteiger partial charge in [-0.3, -0.25) is 0 Å². The standard InChI is InChI=1S/C16H16O2.CH5N/c1-11-10-13(17)7-8-14(11)15-6-2-4-12-5-3-9-18-16(12)15;1-2/h2,4,6-8,10,17H,3,5,9H2,1H3;2H2,1H3. The number of ether oxygens (including phenoxy) is 1. The van der Waals surface area contributed by atoms with Crippen LogP contribution in [-0.2, 0) is 6.42 Å². The second-order valence-electron chi connectivity index (χ2n) is 4.75. The fraction of sp³-hybridized carbons (Fsp3) is 0.294. The monoisotopic (exact) mass is 271 g/mol. The van der Waals surface area contributed by atoms with Crippen molar-refractivity contribution < 1.29 is 9.84 Å². The molecule has 0 saturated heterocycles. The lowest BCUT2D eigenvalue weighted by Crippen LogP contribution is -2.09. The van der Waals surface area contributed by atoms with E-state index >= 15 is 0 Å². The van der Waals surface area contributed by atoms with Crippen LogP contribution in [0, 0.1) is 6.92 Å². The average molecular weight is 271 g/mol. The quantitative estimate of drug-likeness (QED) is 0.837. The number of phenolic OH excluding ortho intramolecular Hbond substituents is 1. The van der Waals surface area contributed by atoms with Gasteiger partial charge >= 0.3 is 0 Å². The molecule has 2 aromatic rings. The third kappa shape index (κ3) is 2.78. The zero-order valence-electron chi connectivity index (χ0n) is 12.0. The number of hydrogen-bond acceptors (Lipinski definition) is 3. The van der Waals surface area contributed by atoms with Crippen molar-refractivity contribution in [3.63, 3.8) is 0 Å². The van der Waals surface area contributed by atoms with E-state index in [0.717, 1.165) is 41.9 Å². The summed E-state index contributed by atoms with van der Waals surface area (Å²) in [4.78, 5) is 0. The highest BCUT2D eigenvalue weighted by Gasteiger charge is 2.16. The van der Waals surface area contributed by atoms with Gasteiger partial charge in [0.25, 0.3) is 0 Å². The largest absolute Gasteiger partial charge is 0.508 e. The van der Waals surface area contributed by atoms with Crippen LogP contribution in [0.15, 0.2) is 36.4 Å². The summed E-state index contributed by atoms with van der Waals surface area (Å²) in [5.41, 5.74) is 9.11. The average Bonchev–Trinajstić information content (AvgIpc) is 2.49. The summed E-state index contributed by atoms with van der Waals surface area (Å²) in [6.45, 7) is 2.80. The van der Waals surface area contributed by atoms with Crippen molar-refractivity contribution in [3.05, 3.63) is 47.5 Å². The van der Waals surface area contributed by atoms with Gasteiger partial charge < -0.3 is 15.6 Å². The Bertz CT molecular complexity index is 594. The summed E-state index contributed by atoms with van der Waals surface area (Å²) in [6.07, 6.45) is 2.17. The zero-order chi connectivity index (χ0) is 14.5. The highest BCUT2D eigenvalue weighted by molar-refractivity contribution is 5.75. The van der Waals surface area contributed by atoms with Crippen molar-refractivity contribution >= 4 is 0 Å².